The van der Waals surface area contributed by atoms with E-state index in [1.807, 2.05) is 31.2 Å². The van der Waals surface area contributed by atoms with Crippen molar-refractivity contribution in [1.29, 1.82) is 0 Å². The fourth-order valence-corrected chi connectivity index (χ4v) is 4.73. The molecule has 0 radical (unpaired) electrons. The van der Waals surface area contributed by atoms with Crippen molar-refractivity contribution >= 4 is 44.9 Å². The average Bonchev–Trinajstić information content (AvgIpc) is 3.13. The number of thioether (sulfide) groups is 1. The van der Waals surface area contributed by atoms with E-state index in [0.717, 1.165) is 37.6 Å². The average molecular weight is 406 g/mol. The Balaban J connectivity index is 1.57. The Kier molecular flexibility index (Phi) is 5.41. The lowest BCUT2D eigenvalue weighted by molar-refractivity contribution is -0.113. The van der Waals surface area contributed by atoms with Crippen molar-refractivity contribution in [3.05, 3.63) is 71.4 Å². The van der Waals surface area contributed by atoms with Crippen molar-refractivity contribution in [3.8, 4) is 11.1 Å². The first-order valence-electron chi connectivity index (χ1n) is 8.89. The van der Waals surface area contributed by atoms with E-state index >= 15 is 0 Å². The van der Waals surface area contributed by atoms with Crippen molar-refractivity contribution in [2.45, 2.75) is 18.9 Å². The SMILES string of the molecule is Cc1ccc(-c2csc3ncnc(SCC(=O)Nc4ccccc4C)c23)cc1. The smallest absolute Gasteiger partial charge is 0.234 e. The lowest BCUT2D eigenvalue weighted by Gasteiger charge is -2.08. The van der Waals surface area contributed by atoms with Gasteiger partial charge in [-0.1, -0.05) is 59.8 Å². The van der Waals surface area contributed by atoms with E-state index in [1.54, 1.807) is 17.7 Å². The number of thiophene rings is 1. The minimum Gasteiger partial charge on any atom is -0.325 e. The number of fused-ring (bicyclic) bond motifs is 1. The number of carbonyl (C=O) groups is 1. The van der Waals surface area contributed by atoms with Crippen LogP contribution in [-0.4, -0.2) is 21.6 Å². The molecule has 0 saturated carbocycles. The first-order valence-corrected chi connectivity index (χ1v) is 10.8. The Labute approximate surface area is 172 Å². The minimum absolute atomic E-state index is 0.0434. The third-order valence-electron chi connectivity index (χ3n) is 4.46. The number of rotatable bonds is 5. The zero-order valence-electron chi connectivity index (χ0n) is 15.6. The monoisotopic (exact) mass is 405 g/mol. The summed E-state index contributed by atoms with van der Waals surface area (Å²) in [5.74, 6) is 0.252. The van der Waals surface area contributed by atoms with E-state index in [2.05, 4.69) is 51.9 Å². The highest BCUT2D eigenvalue weighted by Crippen LogP contribution is 2.37. The van der Waals surface area contributed by atoms with Gasteiger partial charge in [0.05, 0.1) is 11.1 Å². The first kappa shape index (κ1) is 18.7. The van der Waals surface area contributed by atoms with Crippen LogP contribution in [0.1, 0.15) is 11.1 Å². The Hall–Kier alpha value is -2.70. The molecule has 0 aliphatic rings. The third kappa shape index (κ3) is 3.93. The van der Waals surface area contributed by atoms with Crippen LogP contribution in [0, 0.1) is 13.8 Å². The molecule has 2 aromatic carbocycles. The van der Waals surface area contributed by atoms with Crippen molar-refractivity contribution in [2.24, 2.45) is 0 Å². The normalized spacial score (nSPS) is 10.9. The predicted molar refractivity (Wildman–Crippen MR) is 118 cm³/mol. The molecule has 6 heteroatoms. The van der Waals surface area contributed by atoms with Crippen LogP contribution in [0.3, 0.4) is 0 Å². The molecule has 0 fully saturated rings. The van der Waals surface area contributed by atoms with Crippen molar-refractivity contribution in [3.63, 3.8) is 0 Å². The number of nitrogens with zero attached hydrogens (tertiary/aromatic N) is 2. The van der Waals surface area contributed by atoms with Gasteiger partial charge in [-0.2, -0.15) is 0 Å². The summed E-state index contributed by atoms with van der Waals surface area (Å²) < 4.78 is 0. The van der Waals surface area contributed by atoms with Crippen LogP contribution >= 0.6 is 23.1 Å². The highest BCUT2D eigenvalue weighted by atomic mass is 32.2. The molecule has 140 valence electrons. The second kappa shape index (κ2) is 8.12. The maximum absolute atomic E-state index is 12.4. The third-order valence-corrected chi connectivity index (χ3v) is 6.33. The van der Waals surface area contributed by atoms with Gasteiger partial charge in [-0.05, 0) is 31.0 Å². The van der Waals surface area contributed by atoms with Crippen molar-refractivity contribution in [2.75, 3.05) is 11.1 Å². The summed E-state index contributed by atoms with van der Waals surface area (Å²) >= 11 is 3.04. The molecular formula is C22H19N3OS2. The van der Waals surface area contributed by atoms with E-state index < -0.39 is 0 Å². The van der Waals surface area contributed by atoms with E-state index in [-0.39, 0.29) is 5.91 Å². The van der Waals surface area contributed by atoms with E-state index in [9.17, 15) is 4.79 Å². The van der Waals surface area contributed by atoms with Gasteiger partial charge in [-0.15, -0.1) is 11.3 Å². The van der Waals surface area contributed by atoms with Crippen LogP contribution < -0.4 is 5.32 Å². The van der Waals surface area contributed by atoms with Gasteiger partial charge in [-0.25, -0.2) is 9.97 Å². The second-order valence-electron chi connectivity index (χ2n) is 6.53. The summed E-state index contributed by atoms with van der Waals surface area (Å²) in [6.45, 7) is 4.06. The number of anilines is 1. The largest absolute Gasteiger partial charge is 0.325 e. The Morgan fingerprint density at radius 3 is 2.64 bits per heavy atom. The van der Waals surface area contributed by atoms with Gasteiger partial charge in [-0.3, -0.25) is 4.79 Å². The molecule has 0 bridgehead atoms. The van der Waals surface area contributed by atoms with Crippen LogP contribution in [0.4, 0.5) is 5.69 Å². The molecular weight excluding hydrogens is 386 g/mol. The Bertz CT molecular complexity index is 1140. The summed E-state index contributed by atoms with van der Waals surface area (Å²) in [7, 11) is 0. The van der Waals surface area contributed by atoms with Crippen molar-refractivity contribution < 1.29 is 4.79 Å². The molecule has 1 N–H and O–H groups in total. The summed E-state index contributed by atoms with van der Waals surface area (Å²) in [5, 5.41) is 6.94. The number of aryl methyl sites for hydroxylation is 2. The molecule has 0 saturated heterocycles. The summed E-state index contributed by atoms with van der Waals surface area (Å²) in [5.41, 5.74) is 5.36. The predicted octanol–water partition coefficient (Wildman–Crippen LogP) is 5.71. The molecule has 4 aromatic rings. The highest BCUT2D eigenvalue weighted by molar-refractivity contribution is 8.00. The molecule has 0 spiro atoms. The fourth-order valence-electron chi connectivity index (χ4n) is 2.94. The van der Waals surface area contributed by atoms with Crippen LogP contribution in [0.25, 0.3) is 21.3 Å². The molecule has 0 aliphatic carbocycles. The Morgan fingerprint density at radius 1 is 1.07 bits per heavy atom. The lowest BCUT2D eigenvalue weighted by atomic mass is 10.1. The zero-order valence-corrected chi connectivity index (χ0v) is 17.2. The fraction of sp³-hybridized carbons (Fsp3) is 0.136. The highest BCUT2D eigenvalue weighted by Gasteiger charge is 2.15. The molecule has 1 amide bonds. The standard InChI is InChI=1S/C22H19N3OS2/c1-14-7-9-16(10-8-14)17-11-27-21-20(17)22(24-13-23-21)28-12-19(26)25-18-6-4-3-5-15(18)2/h3-11,13H,12H2,1-2H3,(H,25,26). The number of aromatic nitrogens is 2. The molecule has 2 heterocycles. The van der Waals surface area contributed by atoms with Gasteiger partial charge in [0, 0.05) is 16.6 Å². The van der Waals surface area contributed by atoms with Gasteiger partial charge >= 0.3 is 0 Å². The number of benzene rings is 2. The number of para-hydroxylation sites is 1. The Morgan fingerprint density at radius 2 is 1.86 bits per heavy atom. The topological polar surface area (TPSA) is 54.9 Å². The summed E-state index contributed by atoms with van der Waals surface area (Å²) in [6.07, 6.45) is 1.57. The number of hydrogen-bond acceptors (Lipinski definition) is 5. The van der Waals surface area contributed by atoms with Gasteiger partial charge in [0.2, 0.25) is 5.91 Å². The van der Waals surface area contributed by atoms with Crippen LogP contribution in [0.15, 0.2) is 65.3 Å². The van der Waals surface area contributed by atoms with Gasteiger partial charge in [0.25, 0.3) is 0 Å². The maximum atomic E-state index is 12.4. The molecule has 28 heavy (non-hydrogen) atoms. The molecule has 0 aliphatic heterocycles. The van der Waals surface area contributed by atoms with Gasteiger partial charge in [0.1, 0.15) is 16.2 Å². The molecule has 0 unspecified atom stereocenters. The molecule has 4 rings (SSSR count). The van der Waals surface area contributed by atoms with E-state index in [4.69, 9.17) is 0 Å². The first-order chi connectivity index (χ1) is 13.6. The quantitative estimate of drug-likeness (QED) is 0.341. The zero-order chi connectivity index (χ0) is 19.5. The minimum atomic E-state index is -0.0434. The van der Waals surface area contributed by atoms with Crippen molar-refractivity contribution in [1.82, 2.24) is 9.97 Å². The van der Waals surface area contributed by atoms with Gasteiger partial charge in [0.15, 0.2) is 0 Å². The van der Waals surface area contributed by atoms with Crippen LogP contribution in [-0.2, 0) is 4.79 Å². The molecule has 4 nitrogen and oxygen atoms in total. The second-order valence-corrected chi connectivity index (χ2v) is 8.35. The van der Waals surface area contributed by atoms with E-state index in [1.165, 1.54) is 17.3 Å². The molecule has 2 aromatic heterocycles. The summed E-state index contributed by atoms with van der Waals surface area (Å²) in [6, 6.07) is 16.2. The van der Waals surface area contributed by atoms with Crippen LogP contribution in [0.2, 0.25) is 0 Å². The number of carbonyl (C=O) groups excluding carboxylic acids is 1. The van der Waals surface area contributed by atoms with E-state index in [0.29, 0.717) is 5.75 Å². The lowest BCUT2D eigenvalue weighted by Crippen LogP contribution is -2.14. The summed E-state index contributed by atoms with van der Waals surface area (Å²) in [4.78, 5) is 22.2. The molecule has 0 atom stereocenters. The number of nitrogens with one attached hydrogen (secondary N) is 1. The van der Waals surface area contributed by atoms with Gasteiger partial charge < -0.3 is 5.32 Å². The maximum Gasteiger partial charge on any atom is 0.234 e. The van der Waals surface area contributed by atoms with Crippen LogP contribution in [0.5, 0.6) is 0 Å². The number of hydrogen-bond donors (Lipinski definition) is 1. The number of amides is 1.